The topological polar surface area (TPSA) is 66.9 Å². The molecule has 29 heavy (non-hydrogen) atoms. The number of benzene rings is 2. The van der Waals surface area contributed by atoms with E-state index in [4.69, 9.17) is 4.74 Å². The van der Waals surface area contributed by atoms with Crippen LogP contribution in [0.3, 0.4) is 0 Å². The summed E-state index contributed by atoms with van der Waals surface area (Å²) in [5, 5.41) is 0. The largest absolute Gasteiger partial charge is 0.483 e. The smallest absolute Gasteiger partial charge is 0.260 e. The zero-order valence-electron chi connectivity index (χ0n) is 17.2. The van der Waals surface area contributed by atoms with E-state index in [1.807, 2.05) is 19.1 Å². The van der Waals surface area contributed by atoms with E-state index in [1.165, 1.54) is 4.31 Å². The van der Waals surface area contributed by atoms with E-state index in [-0.39, 0.29) is 30.5 Å². The van der Waals surface area contributed by atoms with Crippen molar-refractivity contribution in [2.24, 2.45) is 0 Å². The number of aryl methyl sites for hydroxylation is 1. The van der Waals surface area contributed by atoms with Gasteiger partial charge in [0.1, 0.15) is 5.75 Å². The Balaban J connectivity index is 1.56. The van der Waals surface area contributed by atoms with E-state index in [0.29, 0.717) is 19.0 Å². The summed E-state index contributed by atoms with van der Waals surface area (Å²) in [6.07, 6.45) is 0. The SMILES string of the molecule is Cc1ccc(C(C)C)cc1OCC(=O)N1CCN(S(=O)(=O)c2ccccc2)CC1. The summed E-state index contributed by atoms with van der Waals surface area (Å²) in [6.45, 7) is 7.42. The van der Waals surface area contributed by atoms with Gasteiger partial charge in [0.05, 0.1) is 4.90 Å². The van der Waals surface area contributed by atoms with Gasteiger partial charge in [-0.15, -0.1) is 0 Å². The van der Waals surface area contributed by atoms with Crippen LogP contribution in [-0.2, 0) is 14.8 Å². The Labute approximate surface area is 173 Å². The summed E-state index contributed by atoms with van der Waals surface area (Å²) in [5.74, 6) is 0.972. The van der Waals surface area contributed by atoms with E-state index < -0.39 is 10.0 Å². The highest BCUT2D eigenvalue weighted by Crippen LogP contribution is 2.24. The number of hydrogen-bond acceptors (Lipinski definition) is 4. The molecule has 6 nitrogen and oxygen atoms in total. The van der Waals surface area contributed by atoms with Crippen LogP contribution in [0.2, 0.25) is 0 Å². The fraction of sp³-hybridized carbons (Fsp3) is 0.409. The quantitative estimate of drug-likeness (QED) is 0.726. The van der Waals surface area contributed by atoms with Crippen molar-refractivity contribution in [1.82, 2.24) is 9.21 Å². The molecular formula is C22H28N2O4S. The highest BCUT2D eigenvalue weighted by molar-refractivity contribution is 7.89. The van der Waals surface area contributed by atoms with Gasteiger partial charge in [-0.1, -0.05) is 44.2 Å². The van der Waals surface area contributed by atoms with Crippen molar-refractivity contribution in [3.05, 3.63) is 59.7 Å². The van der Waals surface area contributed by atoms with Crippen LogP contribution in [0.4, 0.5) is 0 Å². The molecule has 1 aliphatic heterocycles. The summed E-state index contributed by atoms with van der Waals surface area (Å²) in [5.41, 5.74) is 2.15. The summed E-state index contributed by atoms with van der Waals surface area (Å²) in [4.78, 5) is 14.5. The summed E-state index contributed by atoms with van der Waals surface area (Å²) < 4.78 is 32.6. The predicted octanol–water partition coefficient (Wildman–Crippen LogP) is 3.03. The number of carbonyl (C=O) groups excluding carboxylic acids is 1. The monoisotopic (exact) mass is 416 g/mol. The number of hydrogen-bond donors (Lipinski definition) is 0. The van der Waals surface area contributed by atoms with Crippen molar-refractivity contribution in [2.75, 3.05) is 32.8 Å². The third-order valence-electron chi connectivity index (χ3n) is 5.20. The molecule has 0 aromatic heterocycles. The summed E-state index contributed by atoms with van der Waals surface area (Å²) in [7, 11) is -3.52. The number of ether oxygens (including phenoxy) is 1. The minimum Gasteiger partial charge on any atom is -0.483 e. The maximum absolute atomic E-state index is 12.7. The zero-order valence-corrected chi connectivity index (χ0v) is 18.0. The van der Waals surface area contributed by atoms with Crippen molar-refractivity contribution < 1.29 is 17.9 Å². The zero-order chi connectivity index (χ0) is 21.0. The lowest BCUT2D eigenvalue weighted by Gasteiger charge is -2.34. The van der Waals surface area contributed by atoms with Crippen LogP contribution in [0, 0.1) is 6.92 Å². The number of rotatable bonds is 6. The highest BCUT2D eigenvalue weighted by atomic mass is 32.2. The van der Waals surface area contributed by atoms with Crippen LogP contribution in [0.25, 0.3) is 0 Å². The van der Waals surface area contributed by atoms with Gasteiger partial charge in [-0.2, -0.15) is 4.31 Å². The number of amides is 1. The van der Waals surface area contributed by atoms with Gasteiger partial charge in [-0.05, 0) is 42.2 Å². The molecule has 1 amide bonds. The molecular weight excluding hydrogens is 388 g/mol. The second-order valence-electron chi connectivity index (χ2n) is 7.57. The van der Waals surface area contributed by atoms with Crippen LogP contribution in [0.15, 0.2) is 53.4 Å². The number of nitrogens with zero attached hydrogens (tertiary/aromatic N) is 2. The fourth-order valence-corrected chi connectivity index (χ4v) is 4.72. The maximum Gasteiger partial charge on any atom is 0.260 e. The van der Waals surface area contributed by atoms with Crippen LogP contribution >= 0.6 is 0 Å². The molecule has 0 atom stereocenters. The lowest BCUT2D eigenvalue weighted by Crippen LogP contribution is -2.51. The van der Waals surface area contributed by atoms with Crippen molar-refractivity contribution in [2.45, 2.75) is 31.6 Å². The number of piperazine rings is 1. The normalized spacial score (nSPS) is 15.5. The molecule has 1 saturated heterocycles. The van der Waals surface area contributed by atoms with E-state index in [2.05, 4.69) is 19.9 Å². The van der Waals surface area contributed by atoms with Crippen LogP contribution in [0.1, 0.15) is 30.9 Å². The molecule has 3 rings (SSSR count). The number of carbonyl (C=O) groups is 1. The van der Waals surface area contributed by atoms with E-state index in [0.717, 1.165) is 16.9 Å². The lowest BCUT2D eigenvalue weighted by molar-refractivity contribution is -0.134. The molecule has 156 valence electrons. The summed E-state index contributed by atoms with van der Waals surface area (Å²) >= 11 is 0. The maximum atomic E-state index is 12.7. The first-order valence-corrected chi connectivity index (χ1v) is 11.3. The minimum atomic E-state index is -3.52. The molecule has 0 spiro atoms. The molecule has 0 saturated carbocycles. The molecule has 0 unspecified atom stereocenters. The van der Waals surface area contributed by atoms with Crippen molar-refractivity contribution in [1.29, 1.82) is 0 Å². The van der Waals surface area contributed by atoms with Crippen molar-refractivity contribution in [3.63, 3.8) is 0 Å². The Morgan fingerprint density at radius 3 is 2.31 bits per heavy atom. The van der Waals surface area contributed by atoms with Crippen LogP contribution in [0.5, 0.6) is 5.75 Å². The average molecular weight is 417 g/mol. The van der Waals surface area contributed by atoms with E-state index >= 15 is 0 Å². The first-order chi connectivity index (χ1) is 13.8. The van der Waals surface area contributed by atoms with Crippen molar-refractivity contribution in [3.8, 4) is 5.75 Å². The lowest BCUT2D eigenvalue weighted by atomic mass is 10.0. The molecule has 0 N–H and O–H groups in total. The molecule has 0 bridgehead atoms. The van der Waals surface area contributed by atoms with Gasteiger partial charge in [0, 0.05) is 26.2 Å². The van der Waals surface area contributed by atoms with Crippen LogP contribution < -0.4 is 4.74 Å². The molecule has 1 heterocycles. The molecule has 2 aromatic rings. The average Bonchev–Trinajstić information content (AvgIpc) is 2.73. The minimum absolute atomic E-state index is 0.0478. The van der Waals surface area contributed by atoms with Gasteiger partial charge in [0.15, 0.2) is 6.61 Å². The fourth-order valence-electron chi connectivity index (χ4n) is 3.28. The molecule has 1 aliphatic rings. The summed E-state index contributed by atoms with van der Waals surface area (Å²) in [6, 6.07) is 14.4. The van der Waals surface area contributed by atoms with Gasteiger partial charge in [-0.3, -0.25) is 4.79 Å². The second kappa shape index (κ2) is 8.97. The third kappa shape index (κ3) is 4.97. The molecule has 2 aromatic carbocycles. The third-order valence-corrected chi connectivity index (χ3v) is 7.12. The van der Waals surface area contributed by atoms with E-state index in [9.17, 15) is 13.2 Å². The van der Waals surface area contributed by atoms with Gasteiger partial charge < -0.3 is 9.64 Å². The van der Waals surface area contributed by atoms with Crippen LogP contribution in [-0.4, -0.2) is 56.3 Å². The Hall–Kier alpha value is -2.38. The van der Waals surface area contributed by atoms with Gasteiger partial charge in [0.2, 0.25) is 10.0 Å². The standard InChI is InChI=1S/C22H28N2O4S/c1-17(2)19-10-9-18(3)21(15-19)28-16-22(25)23-11-13-24(14-12-23)29(26,27)20-7-5-4-6-8-20/h4-10,15,17H,11-14,16H2,1-3H3. The van der Waals surface area contributed by atoms with Crippen molar-refractivity contribution >= 4 is 15.9 Å². The number of sulfonamides is 1. The second-order valence-corrected chi connectivity index (χ2v) is 9.50. The Bertz CT molecular complexity index is 950. The Morgan fingerprint density at radius 1 is 1.03 bits per heavy atom. The van der Waals surface area contributed by atoms with Gasteiger partial charge in [-0.25, -0.2) is 8.42 Å². The van der Waals surface area contributed by atoms with Gasteiger partial charge in [0.25, 0.3) is 5.91 Å². The Kier molecular flexibility index (Phi) is 6.59. The predicted molar refractivity (Wildman–Crippen MR) is 113 cm³/mol. The van der Waals surface area contributed by atoms with E-state index in [1.54, 1.807) is 35.2 Å². The van der Waals surface area contributed by atoms with Gasteiger partial charge >= 0.3 is 0 Å². The molecule has 0 radical (unpaired) electrons. The molecule has 1 fully saturated rings. The molecule has 0 aliphatic carbocycles. The first-order valence-electron chi connectivity index (χ1n) is 9.85. The first kappa shape index (κ1) is 21.3. The Morgan fingerprint density at radius 2 is 1.69 bits per heavy atom. The highest BCUT2D eigenvalue weighted by Gasteiger charge is 2.30. The molecule has 7 heteroatoms.